The number of hydrogen-bond donors (Lipinski definition) is 2. The maximum Gasteiger partial charge on any atom is 0.121 e. The van der Waals surface area contributed by atoms with Crippen molar-refractivity contribution in [2.75, 3.05) is 6.61 Å². The molecule has 1 heterocycles. The van der Waals surface area contributed by atoms with Crippen LogP contribution >= 0.6 is 0 Å². The maximum absolute atomic E-state index is 9.96. The Labute approximate surface area is 130 Å². The van der Waals surface area contributed by atoms with E-state index in [9.17, 15) is 5.11 Å². The van der Waals surface area contributed by atoms with Crippen molar-refractivity contribution in [3.05, 3.63) is 47.0 Å². The summed E-state index contributed by atoms with van der Waals surface area (Å²) in [6.07, 6.45) is 0. The monoisotopic (exact) mass is 295 g/mol. The number of phenolic OH excluding ortho intramolecular Hbond substituents is 1. The van der Waals surface area contributed by atoms with Gasteiger partial charge in [-0.1, -0.05) is 0 Å². The van der Waals surface area contributed by atoms with E-state index in [4.69, 9.17) is 4.74 Å². The Balaban J connectivity index is 2.17. The quantitative estimate of drug-likeness (QED) is 0.724. The van der Waals surface area contributed by atoms with E-state index in [1.165, 1.54) is 10.9 Å². The number of fused-ring (bicyclic) bond motifs is 1. The first kappa shape index (κ1) is 14.5. The van der Waals surface area contributed by atoms with Gasteiger partial charge < -0.3 is 14.8 Å². The number of nitrogens with one attached hydrogen (secondary N) is 1. The lowest BCUT2D eigenvalue weighted by atomic mass is 10.0. The van der Waals surface area contributed by atoms with Gasteiger partial charge in [0.05, 0.1) is 6.61 Å². The average Bonchev–Trinajstić information content (AvgIpc) is 2.82. The second-order valence-corrected chi connectivity index (χ2v) is 5.72. The fourth-order valence-corrected chi connectivity index (χ4v) is 2.95. The van der Waals surface area contributed by atoms with Crippen LogP contribution in [0.15, 0.2) is 30.3 Å². The molecule has 0 fully saturated rings. The Kier molecular flexibility index (Phi) is 3.57. The van der Waals surface area contributed by atoms with Gasteiger partial charge in [-0.2, -0.15) is 0 Å². The van der Waals surface area contributed by atoms with Crippen molar-refractivity contribution >= 4 is 10.9 Å². The summed E-state index contributed by atoms with van der Waals surface area (Å²) in [7, 11) is 0. The van der Waals surface area contributed by atoms with E-state index in [-0.39, 0.29) is 0 Å². The molecule has 0 saturated carbocycles. The van der Waals surface area contributed by atoms with Crippen LogP contribution in [0.3, 0.4) is 0 Å². The Morgan fingerprint density at radius 3 is 2.36 bits per heavy atom. The molecule has 0 unspecified atom stereocenters. The molecule has 0 bridgehead atoms. The predicted molar refractivity (Wildman–Crippen MR) is 90.8 cm³/mol. The first-order valence-corrected chi connectivity index (χ1v) is 7.57. The second-order valence-electron chi connectivity index (χ2n) is 5.72. The van der Waals surface area contributed by atoms with Gasteiger partial charge in [0.25, 0.3) is 0 Å². The van der Waals surface area contributed by atoms with Crippen LogP contribution in [-0.2, 0) is 0 Å². The van der Waals surface area contributed by atoms with E-state index in [1.54, 1.807) is 0 Å². The highest BCUT2D eigenvalue weighted by Crippen LogP contribution is 2.34. The van der Waals surface area contributed by atoms with E-state index in [0.29, 0.717) is 12.4 Å². The second kappa shape index (κ2) is 5.41. The summed E-state index contributed by atoms with van der Waals surface area (Å²) < 4.78 is 5.59. The number of aromatic nitrogens is 1. The van der Waals surface area contributed by atoms with Crippen LogP contribution in [0, 0.1) is 20.8 Å². The summed E-state index contributed by atoms with van der Waals surface area (Å²) in [5.74, 6) is 1.26. The van der Waals surface area contributed by atoms with Crippen LogP contribution in [0.5, 0.6) is 11.5 Å². The highest BCUT2D eigenvalue weighted by atomic mass is 16.5. The summed E-state index contributed by atoms with van der Waals surface area (Å²) in [5, 5.41) is 11.1. The minimum Gasteiger partial charge on any atom is -0.507 e. The molecule has 3 nitrogen and oxygen atoms in total. The highest BCUT2D eigenvalue weighted by molar-refractivity contribution is 5.91. The topological polar surface area (TPSA) is 45.2 Å². The van der Waals surface area contributed by atoms with Crippen LogP contribution in [0.1, 0.15) is 23.6 Å². The van der Waals surface area contributed by atoms with Gasteiger partial charge in [0.1, 0.15) is 11.5 Å². The fraction of sp³-hybridized carbons (Fsp3) is 0.263. The van der Waals surface area contributed by atoms with E-state index < -0.39 is 0 Å². The van der Waals surface area contributed by atoms with Gasteiger partial charge in [-0.15, -0.1) is 0 Å². The normalized spacial score (nSPS) is 11.1. The van der Waals surface area contributed by atoms with Crippen LogP contribution in [0.2, 0.25) is 0 Å². The summed E-state index contributed by atoms with van der Waals surface area (Å²) in [4.78, 5) is 3.49. The van der Waals surface area contributed by atoms with Crippen molar-refractivity contribution in [2.45, 2.75) is 27.7 Å². The average molecular weight is 295 g/mol. The molecule has 22 heavy (non-hydrogen) atoms. The first-order chi connectivity index (χ1) is 10.5. The Bertz CT molecular complexity index is 823. The van der Waals surface area contributed by atoms with Crippen molar-refractivity contribution in [3.63, 3.8) is 0 Å². The molecule has 0 radical (unpaired) electrons. The largest absolute Gasteiger partial charge is 0.507 e. The number of phenols is 1. The third-order valence-electron chi connectivity index (χ3n) is 4.12. The fourth-order valence-electron chi connectivity index (χ4n) is 2.95. The first-order valence-electron chi connectivity index (χ1n) is 7.57. The van der Waals surface area contributed by atoms with Crippen molar-refractivity contribution < 1.29 is 9.84 Å². The SMILES string of the molecule is CCOc1ccc2[nH]c(-c3cc(C)c(O)c(C)c3)c(C)c2c1. The molecule has 2 N–H and O–H groups in total. The minimum atomic E-state index is 0.371. The molecule has 0 amide bonds. The Morgan fingerprint density at radius 1 is 1.05 bits per heavy atom. The zero-order valence-corrected chi connectivity index (χ0v) is 13.4. The third-order valence-corrected chi connectivity index (χ3v) is 4.12. The molecule has 0 aliphatic carbocycles. The lowest BCUT2D eigenvalue weighted by Gasteiger charge is -2.07. The van der Waals surface area contributed by atoms with Crippen LogP contribution in [0.25, 0.3) is 22.2 Å². The molecule has 0 aliphatic rings. The number of hydrogen-bond acceptors (Lipinski definition) is 2. The molecule has 0 spiro atoms. The van der Waals surface area contributed by atoms with E-state index in [1.807, 2.05) is 39.0 Å². The van der Waals surface area contributed by atoms with Crippen molar-refractivity contribution in [1.29, 1.82) is 0 Å². The zero-order valence-electron chi connectivity index (χ0n) is 13.4. The summed E-state index contributed by atoms with van der Waals surface area (Å²) in [6.45, 7) is 8.62. The van der Waals surface area contributed by atoms with Crippen LogP contribution < -0.4 is 4.74 Å². The van der Waals surface area contributed by atoms with Crippen LogP contribution in [0.4, 0.5) is 0 Å². The molecule has 3 aromatic rings. The third kappa shape index (κ3) is 2.33. The molecule has 3 heteroatoms. The standard InChI is InChI=1S/C19H21NO2/c1-5-22-15-6-7-17-16(10-15)13(4)18(20-17)14-8-11(2)19(21)12(3)9-14/h6-10,20-21H,5H2,1-4H3. The van der Waals surface area contributed by atoms with Gasteiger partial charge in [-0.25, -0.2) is 0 Å². The van der Waals surface area contributed by atoms with Gasteiger partial charge in [-0.05, 0) is 80.3 Å². The number of H-pyrrole nitrogens is 1. The van der Waals surface area contributed by atoms with Gasteiger partial charge in [-0.3, -0.25) is 0 Å². The van der Waals surface area contributed by atoms with Gasteiger partial charge in [0.2, 0.25) is 0 Å². The van der Waals surface area contributed by atoms with Crippen molar-refractivity contribution in [1.82, 2.24) is 4.98 Å². The number of aryl methyl sites for hydroxylation is 3. The lowest BCUT2D eigenvalue weighted by Crippen LogP contribution is -1.90. The molecular formula is C19H21NO2. The molecule has 0 aliphatic heterocycles. The van der Waals surface area contributed by atoms with E-state index in [2.05, 4.69) is 24.0 Å². The summed E-state index contributed by atoms with van der Waals surface area (Å²) in [5.41, 5.74) is 6.26. The Hall–Kier alpha value is -2.42. The highest BCUT2D eigenvalue weighted by Gasteiger charge is 2.12. The van der Waals surface area contributed by atoms with Gasteiger partial charge in [0.15, 0.2) is 0 Å². The Morgan fingerprint density at radius 2 is 1.73 bits per heavy atom. The minimum absolute atomic E-state index is 0.371. The van der Waals surface area contributed by atoms with Gasteiger partial charge >= 0.3 is 0 Å². The number of ether oxygens (including phenoxy) is 1. The number of aromatic hydroxyl groups is 1. The smallest absolute Gasteiger partial charge is 0.121 e. The molecule has 0 saturated heterocycles. The number of rotatable bonds is 3. The van der Waals surface area contributed by atoms with Crippen molar-refractivity contribution in [3.8, 4) is 22.8 Å². The molecule has 2 aromatic carbocycles. The van der Waals surface area contributed by atoms with E-state index >= 15 is 0 Å². The summed E-state index contributed by atoms with van der Waals surface area (Å²) in [6, 6.07) is 10.1. The predicted octanol–water partition coefficient (Wildman–Crippen LogP) is 4.86. The molecular weight excluding hydrogens is 274 g/mol. The molecule has 1 aromatic heterocycles. The zero-order chi connectivity index (χ0) is 15.9. The van der Waals surface area contributed by atoms with Crippen molar-refractivity contribution in [2.24, 2.45) is 0 Å². The van der Waals surface area contributed by atoms with E-state index in [0.717, 1.165) is 33.7 Å². The molecule has 3 rings (SSSR count). The number of benzene rings is 2. The van der Waals surface area contributed by atoms with Gasteiger partial charge in [0, 0.05) is 16.6 Å². The summed E-state index contributed by atoms with van der Waals surface area (Å²) >= 11 is 0. The molecule has 0 atom stereocenters. The lowest BCUT2D eigenvalue weighted by molar-refractivity contribution is 0.340. The maximum atomic E-state index is 9.96. The van der Waals surface area contributed by atoms with Crippen LogP contribution in [-0.4, -0.2) is 16.7 Å². The number of aromatic amines is 1. The molecule has 114 valence electrons.